The molecular weight excluding hydrogens is 252 g/mol. The van der Waals surface area contributed by atoms with Gasteiger partial charge in [0.1, 0.15) is 5.54 Å². The van der Waals surface area contributed by atoms with Gasteiger partial charge < -0.3 is 15.0 Å². The summed E-state index contributed by atoms with van der Waals surface area (Å²) in [5.74, 6) is 0.701. The Morgan fingerprint density at radius 1 is 1.45 bits per heavy atom. The van der Waals surface area contributed by atoms with Crippen molar-refractivity contribution in [1.29, 1.82) is 0 Å². The molecule has 1 aliphatic rings. The lowest BCUT2D eigenvalue weighted by molar-refractivity contribution is -0.148. The molecule has 0 saturated heterocycles. The molecule has 1 saturated carbocycles. The van der Waals surface area contributed by atoms with Crippen LogP contribution in [0.3, 0.4) is 0 Å². The van der Waals surface area contributed by atoms with E-state index in [4.69, 9.17) is 4.74 Å². The number of likely N-dealkylation sites (N-methyl/N-ethyl adjacent to an activating group) is 1. The van der Waals surface area contributed by atoms with Gasteiger partial charge in [0.05, 0.1) is 7.11 Å². The van der Waals surface area contributed by atoms with Crippen LogP contribution in [-0.4, -0.2) is 49.2 Å². The van der Waals surface area contributed by atoms with Crippen molar-refractivity contribution < 1.29 is 9.53 Å². The van der Waals surface area contributed by atoms with Crippen molar-refractivity contribution in [2.45, 2.75) is 65.0 Å². The van der Waals surface area contributed by atoms with Gasteiger partial charge in [0.25, 0.3) is 0 Å². The molecule has 0 spiro atoms. The summed E-state index contributed by atoms with van der Waals surface area (Å²) in [6.07, 6.45) is 4.90. The molecule has 118 valence electrons. The number of nitrogens with one attached hydrogen (secondary N) is 1. The van der Waals surface area contributed by atoms with E-state index in [1.165, 1.54) is 32.9 Å². The summed E-state index contributed by atoms with van der Waals surface area (Å²) in [6, 6.07) is 0.378. The normalized spacial score (nSPS) is 20.3. The number of methoxy groups -OCH3 is 1. The Hall–Kier alpha value is -0.610. The number of carbonyl (C=O) groups is 1. The Bertz CT molecular complexity index is 305. The molecule has 0 aromatic carbocycles. The molecule has 1 N–H and O–H groups in total. The third-order valence-electron chi connectivity index (χ3n) is 4.65. The fourth-order valence-electron chi connectivity index (χ4n) is 3.19. The number of carbonyl (C=O) groups excluding carboxylic acids is 1. The average Bonchev–Trinajstić information content (AvgIpc) is 2.36. The van der Waals surface area contributed by atoms with Gasteiger partial charge in [-0.2, -0.15) is 0 Å². The fourth-order valence-corrected chi connectivity index (χ4v) is 3.19. The quantitative estimate of drug-likeness (QED) is 0.660. The van der Waals surface area contributed by atoms with E-state index in [-0.39, 0.29) is 5.97 Å². The summed E-state index contributed by atoms with van der Waals surface area (Å²) in [5.41, 5.74) is -0.587. The summed E-state index contributed by atoms with van der Waals surface area (Å²) in [6.45, 7) is 11.4. The third-order valence-corrected chi connectivity index (χ3v) is 4.65. The lowest BCUT2D eigenvalue weighted by Crippen LogP contribution is -2.54. The Morgan fingerprint density at radius 2 is 2.10 bits per heavy atom. The molecule has 0 amide bonds. The zero-order valence-corrected chi connectivity index (χ0v) is 13.9. The van der Waals surface area contributed by atoms with Gasteiger partial charge in [-0.15, -0.1) is 0 Å². The van der Waals surface area contributed by atoms with Crippen molar-refractivity contribution in [3.05, 3.63) is 0 Å². The van der Waals surface area contributed by atoms with Gasteiger partial charge >= 0.3 is 5.97 Å². The van der Waals surface area contributed by atoms with Crippen molar-refractivity contribution in [3.8, 4) is 0 Å². The SMILES string of the molecule is CCNC(C)(CC(C)N(CC)CC1CCC1)C(=O)OC. The van der Waals surface area contributed by atoms with E-state index in [2.05, 4.69) is 24.1 Å². The first-order valence-corrected chi connectivity index (χ1v) is 8.04. The summed E-state index contributed by atoms with van der Waals surface area (Å²) in [4.78, 5) is 14.6. The standard InChI is InChI=1S/C16H32N2O2/c1-6-17-16(4,15(19)20-5)11-13(3)18(7-2)12-14-9-8-10-14/h13-14,17H,6-12H2,1-5H3. The Kier molecular flexibility index (Phi) is 6.96. The second-order valence-corrected chi connectivity index (χ2v) is 6.29. The number of nitrogens with zero attached hydrogens (tertiary/aromatic N) is 1. The minimum Gasteiger partial charge on any atom is -0.468 e. The van der Waals surface area contributed by atoms with Crippen molar-refractivity contribution >= 4 is 5.97 Å². The van der Waals surface area contributed by atoms with E-state index in [1.807, 2.05) is 13.8 Å². The summed E-state index contributed by atoms with van der Waals surface area (Å²) < 4.78 is 4.98. The highest BCUT2D eigenvalue weighted by Gasteiger charge is 2.36. The predicted octanol–water partition coefficient (Wildman–Crippen LogP) is 2.43. The monoisotopic (exact) mass is 284 g/mol. The highest BCUT2D eigenvalue weighted by atomic mass is 16.5. The van der Waals surface area contributed by atoms with E-state index in [0.29, 0.717) is 6.04 Å². The molecule has 20 heavy (non-hydrogen) atoms. The molecule has 0 radical (unpaired) electrons. The lowest BCUT2D eigenvalue weighted by Gasteiger charge is -2.38. The molecule has 4 heteroatoms. The molecular formula is C16H32N2O2. The minimum atomic E-state index is -0.587. The molecule has 4 nitrogen and oxygen atoms in total. The molecule has 0 heterocycles. The van der Waals surface area contributed by atoms with E-state index in [9.17, 15) is 4.79 Å². The van der Waals surface area contributed by atoms with Crippen LogP contribution in [0.1, 0.15) is 53.4 Å². The number of esters is 1. The van der Waals surface area contributed by atoms with E-state index in [0.717, 1.165) is 25.4 Å². The maximum Gasteiger partial charge on any atom is 0.325 e. The predicted molar refractivity (Wildman–Crippen MR) is 82.8 cm³/mol. The lowest BCUT2D eigenvalue weighted by atomic mass is 9.84. The summed E-state index contributed by atoms with van der Waals surface area (Å²) in [5, 5.41) is 3.30. The molecule has 0 aromatic heterocycles. The molecule has 0 aromatic rings. The zero-order chi connectivity index (χ0) is 15.2. The third kappa shape index (κ3) is 4.45. The second-order valence-electron chi connectivity index (χ2n) is 6.29. The number of hydrogen-bond acceptors (Lipinski definition) is 4. The van der Waals surface area contributed by atoms with Gasteiger partial charge in [0, 0.05) is 12.6 Å². The average molecular weight is 284 g/mol. The van der Waals surface area contributed by atoms with Crippen LogP contribution in [0.2, 0.25) is 0 Å². The van der Waals surface area contributed by atoms with Gasteiger partial charge in [-0.25, -0.2) is 0 Å². The van der Waals surface area contributed by atoms with Crippen LogP contribution < -0.4 is 5.32 Å². The van der Waals surface area contributed by atoms with Crippen molar-refractivity contribution in [3.63, 3.8) is 0 Å². The highest BCUT2D eigenvalue weighted by molar-refractivity contribution is 5.80. The van der Waals surface area contributed by atoms with E-state index < -0.39 is 5.54 Å². The van der Waals surface area contributed by atoms with Gasteiger partial charge in [0.2, 0.25) is 0 Å². The maximum atomic E-state index is 12.1. The topological polar surface area (TPSA) is 41.6 Å². The smallest absolute Gasteiger partial charge is 0.325 e. The van der Waals surface area contributed by atoms with E-state index >= 15 is 0 Å². The first-order chi connectivity index (χ1) is 9.46. The summed E-state index contributed by atoms with van der Waals surface area (Å²) >= 11 is 0. The number of ether oxygens (including phenoxy) is 1. The van der Waals surface area contributed by atoms with Crippen LogP contribution in [0, 0.1) is 5.92 Å². The Balaban J connectivity index is 2.62. The number of rotatable bonds is 9. The molecule has 0 bridgehead atoms. The molecule has 1 fully saturated rings. The second kappa shape index (κ2) is 7.99. The molecule has 1 aliphatic carbocycles. The van der Waals surface area contributed by atoms with Crippen LogP contribution in [0.15, 0.2) is 0 Å². The zero-order valence-electron chi connectivity index (χ0n) is 13.9. The van der Waals surface area contributed by atoms with Crippen molar-refractivity contribution in [1.82, 2.24) is 10.2 Å². The minimum absolute atomic E-state index is 0.161. The van der Waals surface area contributed by atoms with Crippen LogP contribution in [0.5, 0.6) is 0 Å². The first kappa shape index (κ1) is 17.4. The van der Waals surface area contributed by atoms with Gasteiger partial charge in [-0.3, -0.25) is 4.79 Å². The first-order valence-electron chi connectivity index (χ1n) is 8.04. The molecule has 1 rings (SSSR count). The van der Waals surface area contributed by atoms with Crippen LogP contribution in [-0.2, 0) is 9.53 Å². The Morgan fingerprint density at radius 3 is 2.50 bits per heavy atom. The van der Waals surface area contributed by atoms with Gasteiger partial charge in [0.15, 0.2) is 0 Å². The Labute approximate surface area is 124 Å². The van der Waals surface area contributed by atoms with Crippen LogP contribution in [0.25, 0.3) is 0 Å². The van der Waals surface area contributed by atoms with E-state index in [1.54, 1.807) is 0 Å². The van der Waals surface area contributed by atoms with Crippen molar-refractivity contribution in [2.75, 3.05) is 26.7 Å². The molecule has 2 atom stereocenters. The number of hydrogen-bond donors (Lipinski definition) is 1. The highest BCUT2D eigenvalue weighted by Crippen LogP contribution is 2.28. The van der Waals surface area contributed by atoms with Crippen LogP contribution >= 0.6 is 0 Å². The molecule has 2 unspecified atom stereocenters. The van der Waals surface area contributed by atoms with Gasteiger partial charge in [-0.1, -0.05) is 20.3 Å². The van der Waals surface area contributed by atoms with Crippen molar-refractivity contribution in [2.24, 2.45) is 5.92 Å². The van der Waals surface area contributed by atoms with Crippen LogP contribution in [0.4, 0.5) is 0 Å². The molecule has 0 aliphatic heterocycles. The largest absolute Gasteiger partial charge is 0.468 e. The summed E-state index contributed by atoms with van der Waals surface area (Å²) in [7, 11) is 1.47. The maximum absolute atomic E-state index is 12.1. The fraction of sp³-hybridized carbons (Fsp3) is 0.938. The van der Waals surface area contributed by atoms with Gasteiger partial charge in [-0.05, 0) is 52.1 Å².